The minimum absolute atomic E-state index is 0.0532. The van der Waals surface area contributed by atoms with Crippen molar-refractivity contribution >= 4 is 81.1 Å². The van der Waals surface area contributed by atoms with E-state index in [1.807, 2.05) is 64.1 Å². The van der Waals surface area contributed by atoms with Crippen molar-refractivity contribution < 1.29 is 77.9 Å². The predicted molar refractivity (Wildman–Crippen MR) is 294 cm³/mol. The summed E-state index contributed by atoms with van der Waals surface area (Å²) in [5, 5.41) is 72.2. The Bertz CT molecular complexity index is 2940. The maximum absolute atomic E-state index is 14.8. The van der Waals surface area contributed by atoms with Gasteiger partial charge in [-0.05, 0) is 91.0 Å². The standard InChI is InChI=1S/C55H72N12O16/c56-42(68)30-64-19-23-66(32-44(69)70)25-21-65(22-26-67(24-20-64)33-45(71)72)31-43-62-63-52(83-43)55-15-12-54(13-16-55,14-17-55)51(81)59-40(28-38-36-9-3-1-7-34(36)27-35-8-2-4-10-37(35)38)46(73)57-18-6-5-11-39(48(75)76)60-53(82)61-41(49(77)78)29-58-47(74)50(79)80/h1-4,7-10,27,39-41H,5-6,11-26,28-33H2,(H2,56,68)(H,57,73)(H,58,74)(H,59,81)(H,69,70)(H,71,72)(H,75,76)(H,77,78)(H,79,80)(H2,60,61,82)/t39-,40-,41-,54?,55?/m0/s1. The van der Waals surface area contributed by atoms with Crippen LogP contribution in [0, 0.1) is 5.41 Å². The molecule has 8 rings (SSSR count). The first-order valence-electron chi connectivity index (χ1n) is 27.6. The van der Waals surface area contributed by atoms with Crippen molar-refractivity contribution in [2.75, 3.05) is 85.1 Å². The number of nitrogens with two attached hydrogens (primary N) is 1. The molecule has 6 amide bonds. The molecule has 3 saturated carbocycles. The molecule has 0 unspecified atom stereocenters. The van der Waals surface area contributed by atoms with Crippen molar-refractivity contribution in [1.29, 1.82) is 0 Å². The van der Waals surface area contributed by atoms with E-state index in [1.54, 1.807) is 14.7 Å². The molecular formula is C55H72N12O16. The van der Waals surface area contributed by atoms with Crippen LogP contribution in [-0.2, 0) is 61.5 Å². The number of benzene rings is 3. The fourth-order valence-electron chi connectivity index (χ4n) is 11.3. The monoisotopic (exact) mass is 1160 g/mol. The predicted octanol–water partition coefficient (Wildman–Crippen LogP) is -0.236. The van der Waals surface area contributed by atoms with Gasteiger partial charge in [0.15, 0.2) is 0 Å². The molecule has 4 fully saturated rings. The van der Waals surface area contributed by atoms with Gasteiger partial charge in [0, 0.05) is 82.7 Å². The molecule has 3 aromatic carbocycles. The zero-order valence-corrected chi connectivity index (χ0v) is 45.9. The Morgan fingerprint density at radius 1 is 0.602 bits per heavy atom. The molecule has 1 aliphatic heterocycles. The third-order valence-corrected chi connectivity index (χ3v) is 16.0. The van der Waals surface area contributed by atoms with Gasteiger partial charge in [0.25, 0.3) is 0 Å². The fourth-order valence-corrected chi connectivity index (χ4v) is 11.3. The van der Waals surface area contributed by atoms with Crippen LogP contribution in [0.1, 0.15) is 75.1 Å². The topological polar surface area (TPSA) is 410 Å². The third-order valence-electron chi connectivity index (χ3n) is 16.0. The normalized spacial score (nSPS) is 20.4. The lowest BCUT2D eigenvalue weighted by Gasteiger charge is -2.50. The van der Waals surface area contributed by atoms with Gasteiger partial charge in [0.2, 0.25) is 29.5 Å². The summed E-state index contributed by atoms with van der Waals surface area (Å²) in [6.45, 7) is 1.77. The second-order valence-corrected chi connectivity index (χ2v) is 21.6. The molecule has 12 N–H and O–H groups in total. The van der Waals surface area contributed by atoms with E-state index in [9.17, 15) is 68.4 Å². The van der Waals surface area contributed by atoms with Crippen molar-refractivity contribution in [2.45, 2.75) is 94.3 Å². The second-order valence-electron chi connectivity index (χ2n) is 21.6. The first-order chi connectivity index (χ1) is 39.6. The van der Waals surface area contributed by atoms with Crippen LogP contribution in [0.5, 0.6) is 0 Å². The largest absolute Gasteiger partial charge is 0.480 e. The second kappa shape index (κ2) is 28.6. The molecule has 28 nitrogen and oxygen atoms in total. The SMILES string of the molecule is NC(=O)CN1CCN(CC(=O)O)CCN(Cc2nnc(C34CCC(C(=O)N[C@@H](Cc5c6ccccc6cc6ccccc56)C(=O)NCCCC[C@H](NC(=O)N[C@@H](CNC(=O)C(=O)O)C(=O)O)C(=O)O)(CC3)CC4)o2)CCN(CC(=O)O)CC1. The highest BCUT2D eigenvalue weighted by molar-refractivity contribution is 6.31. The van der Waals surface area contributed by atoms with Crippen LogP contribution in [0.4, 0.5) is 4.79 Å². The molecule has 0 radical (unpaired) electrons. The van der Waals surface area contributed by atoms with E-state index in [0.717, 1.165) is 27.1 Å². The highest BCUT2D eigenvalue weighted by Crippen LogP contribution is 2.57. The number of nitrogens with one attached hydrogen (secondary N) is 5. The van der Waals surface area contributed by atoms with E-state index in [0.29, 0.717) is 103 Å². The first-order valence-corrected chi connectivity index (χ1v) is 27.6. The number of hydrogen-bond acceptors (Lipinski definition) is 17. The summed E-state index contributed by atoms with van der Waals surface area (Å²) in [4.78, 5) is 131. The van der Waals surface area contributed by atoms with Crippen molar-refractivity contribution in [3.63, 3.8) is 0 Å². The smallest absolute Gasteiger partial charge is 0.394 e. The molecule has 1 saturated heterocycles. The zero-order valence-electron chi connectivity index (χ0n) is 45.9. The molecule has 28 heteroatoms. The minimum atomic E-state index is -1.87. The quantitative estimate of drug-likeness (QED) is 0.0232. The summed E-state index contributed by atoms with van der Waals surface area (Å²) < 4.78 is 6.44. The Morgan fingerprint density at radius 2 is 1.12 bits per heavy atom. The van der Waals surface area contributed by atoms with Crippen molar-refractivity contribution in [1.82, 2.24) is 56.4 Å². The summed E-state index contributed by atoms with van der Waals surface area (Å²) in [6, 6.07) is 12.1. The van der Waals surface area contributed by atoms with E-state index in [4.69, 9.17) is 15.3 Å². The number of aromatic nitrogens is 2. The average Bonchev–Trinajstić information content (AvgIpc) is 4.08. The van der Waals surface area contributed by atoms with Gasteiger partial charge in [-0.3, -0.25) is 48.4 Å². The van der Waals surface area contributed by atoms with Gasteiger partial charge < -0.3 is 62.3 Å². The van der Waals surface area contributed by atoms with Crippen molar-refractivity contribution in [3.05, 3.63) is 71.9 Å². The number of carbonyl (C=O) groups is 10. The number of carboxylic acid groups (broad SMARTS) is 5. The van der Waals surface area contributed by atoms with Crippen LogP contribution in [0.2, 0.25) is 0 Å². The molecule has 3 atom stereocenters. The maximum Gasteiger partial charge on any atom is 0.394 e. The van der Waals surface area contributed by atoms with Crippen molar-refractivity contribution in [2.24, 2.45) is 11.1 Å². The number of hydrogen-bond donors (Lipinski definition) is 11. The molecule has 448 valence electrons. The Kier molecular flexibility index (Phi) is 21.4. The van der Waals surface area contributed by atoms with E-state index in [1.165, 1.54) is 0 Å². The number of rotatable bonds is 25. The Labute approximate surface area is 476 Å². The van der Waals surface area contributed by atoms with E-state index in [2.05, 4.69) is 32.2 Å². The van der Waals surface area contributed by atoms with Gasteiger partial charge in [0.05, 0.1) is 26.2 Å². The summed E-state index contributed by atoms with van der Waals surface area (Å²) in [5.74, 6) is -8.95. The molecule has 0 spiro atoms. The number of nitrogens with zero attached hydrogens (tertiary/aromatic N) is 6. The maximum atomic E-state index is 14.8. The number of primary amides is 1. The number of fused-ring (bicyclic) bond motifs is 5. The van der Waals surface area contributed by atoms with E-state index in [-0.39, 0.29) is 64.3 Å². The van der Waals surface area contributed by atoms with E-state index >= 15 is 0 Å². The van der Waals surface area contributed by atoms with Gasteiger partial charge in [-0.15, -0.1) is 10.2 Å². The van der Waals surface area contributed by atoms with Crippen LogP contribution < -0.4 is 32.3 Å². The van der Waals surface area contributed by atoms with Gasteiger partial charge in [-0.25, -0.2) is 19.2 Å². The van der Waals surface area contributed by atoms with Gasteiger partial charge >= 0.3 is 41.8 Å². The minimum Gasteiger partial charge on any atom is -0.480 e. The van der Waals surface area contributed by atoms with E-state index < -0.39 is 89.1 Å². The third kappa shape index (κ3) is 17.1. The summed E-state index contributed by atoms with van der Waals surface area (Å²) in [7, 11) is 0. The van der Waals surface area contributed by atoms with Gasteiger partial charge in [0.1, 0.15) is 18.1 Å². The van der Waals surface area contributed by atoms with Crippen LogP contribution in [0.15, 0.2) is 59.0 Å². The average molecular weight is 1160 g/mol. The Hall–Kier alpha value is -8.34. The lowest BCUT2D eigenvalue weighted by molar-refractivity contribution is -0.150. The van der Waals surface area contributed by atoms with Crippen LogP contribution in [-0.4, -0.2) is 218 Å². The molecule has 2 heterocycles. The van der Waals surface area contributed by atoms with Crippen LogP contribution in [0.3, 0.4) is 0 Å². The highest BCUT2D eigenvalue weighted by atomic mass is 16.4. The molecule has 4 aromatic rings. The first kappa shape index (κ1) is 62.3. The molecular weight excluding hydrogens is 1080 g/mol. The Morgan fingerprint density at radius 3 is 1.64 bits per heavy atom. The lowest BCUT2D eigenvalue weighted by Crippen LogP contribution is -2.56. The van der Waals surface area contributed by atoms with Gasteiger partial charge in [-0.1, -0.05) is 48.5 Å². The number of carboxylic acids is 5. The zero-order chi connectivity index (χ0) is 59.8. The lowest BCUT2D eigenvalue weighted by atomic mass is 9.53. The number of amides is 6. The van der Waals surface area contributed by atoms with Crippen molar-refractivity contribution in [3.8, 4) is 0 Å². The Balaban J connectivity index is 1.00. The van der Waals surface area contributed by atoms with Crippen LogP contribution in [0.25, 0.3) is 21.5 Å². The number of unbranched alkanes of at least 4 members (excludes halogenated alkanes) is 1. The number of carbonyl (C=O) groups excluding carboxylic acids is 5. The molecule has 4 aliphatic rings. The molecule has 1 aromatic heterocycles. The fraction of sp³-hybridized carbons (Fsp3) is 0.527. The highest BCUT2D eigenvalue weighted by Gasteiger charge is 2.55. The summed E-state index contributed by atoms with van der Waals surface area (Å²) in [6.07, 6.45) is 3.48. The number of aliphatic carboxylic acids is 5. The number of urea groups is 1. The molecule has 3 aliphatic carbocycles. The summed E-state index contributed by atoms with van der Waals surface area (Å²) >= 11 is 0. The van der Waals surface area contributed by atoms with Gasteiger partial charge in [-0.2, -0.15) is 0 Å². The molecule has 2 bridgehead atoms. The summed E-state index contributed by atoms with van der Waals surface area (Å²) in [5.41, 5.74) is 5.02. The molecule has 83 heavy (non-hydrogen) atoms. The van der Waals surface area contributed by atoms with Crippen LogP contribution >= 0.6 is 0 Å².